The Balaban J connectivity index is 2.77. The second kappa shape index (κ2) is 4.89. The van der Waals surface area contributed by atoms with E-state index >= 15 is 0 Å². The van der Waals surface area contributed by atoms with Gasteiger partial charge in [-0.2, -0.15) is 13.2 Å². The van der Waals surface area contributed by atoms with Crippen molar-refractivity contribution in [2.75, 3.05) is 13.1 Å². The lowest BCUT2D eigenvalue weighted by Crippen LogP contribution is -2.57. The zero-order chi connectivity index (χ0) is 12.5. The highest BCUT2D eigenvalue weighted by atomic mass is 19.4. The fourth-order valence-electron chi connectivity index (χ4n) is 2.30. The number of hydrogen-bond donors (Lipinski definition) is 2. The van der Waals surface area contributed by atoms with Crippen molar-refractivity contribution in [1.29, 1.82) is 0 Å². The molecule has 4 unspecified atom stereocenters. The van der Waals surface area contributed by atoms with Crippen LogP contribution in [-0.2, 0) is 0 Å². The maximum absolute atomic E-state index is 12.4. The molecule has 1 saturated heterocycles. The molecule has 1 rings (SSSR count). The number of aliphatic hydroxyl groups excluding tert-OH is 1. The monoisotopic (exact) mass is 240 g/mol. The Bertz CT molecular complexity index is 235. The van der Waals surface area contributed by atoms with Gasteiger partial charge in [0.05, 0.1) is 6.54 Å². The summed E-state index contributed by atoms with van der Waals surface area (Å²) in [4.78, 5) is 1.10. The molecule has 0 spiro atoms. The fraction of sp³-hybridized carbons (Fsp3) is 1.00. The summed E-state index contributed by atoms with van der Waals surface area (Å²) in [6.45, 7) is 2.75. The van der Waals surface area contributed by atoms with Gasteiger partial charge in [0.25, 0.3) is 0 Å². The standard InChI is InChI=1S/C10H19F3N2O/c1-6-3-8(4-14)9(16)15(7(6)2)5-10(11,12)13/h6-9,16H,3-5,14H2,1-2H3. The summed E-state index contributed by atoms with van der Waals surface area (Å²) < 4.78 is 37.1. The molecule has 4 atom stereocenters. The van der Waals surface area contributed by atoms with E-state index in [2.05, 4.69) is 0 Å². The van der Waals surface area contributed by atoms with Crippen molar-refractivity contribution in [2.24, 2.45) is 17.6 Å². The van der Waals surface area contributed by atoms with Gasteiger partial charge in [0.15, 0.2) is 0 Å². The van der Waals surface area contributed by atoms with Crippen molar-refractivity contribution < 1.29 is 18.3 Å². The van der Waals surface area contributed by atoms with Gasteiger partial charge >= 0.3 is 6.18 Å². The van der Waals surface area contributed by atoms with Crippen LogP contribution in [-0.4, -0.2) is 41.5 Å². The first-order valence-electron chi connectivity index (χ1n) is 5.47. The highest BCUT2D eigenvalue weighted by molar-refractivity contribution is 4.87. The van der Waals surface area contributed by atoms with Crippen LogP contribution in [0.15, 0.2) is 0 Å². The molecule has 1 aliphatic rings. The van der Waals surface area contributed by atoms with Crippen LogP contribution in [0, 0.1) is 11.8 Å². The first kappa shape index (κ1) is 13.7. The van der Waals surface area contributed by atoms with Crippen molar-refractivity contribution in [2.45, 2.75) is 38.7 Å². The topological polar surface area (TPSA) is 49.5 Å². The van der Waals surface area contributed by atoms with Crippen LogP contribution in [0.25, 0.3) is 0 Å². The number of nitrogens with two attached hydrogens (primary N) is 1. The lowest BCUT2D eigenvalue weighted by atomic mass is 9.83. The second-order valence-electron chi connectivity index (χ2n) is 4.65. The SMILES string of the molecule is CC1CC(CN)C(O)N(CC(F)(F)F)C1C. The molecule has 6 heteroatoms. The summed E-state index contributed by atoms with van der Waals surface area (Å²) in [6.07, 6.45) is -4.70. The van der Waals surface area contributed by atoms with Crippen LogP contribution in [0.5, 0.6) is 0 Å². The Hall–Kier alpha value is -0.330. The third-order valence-electron chi connectivity index (χ3n) is 3.45. The van der Waals surface area contributed by atoms with E-state index in [4.69, 9.17) is 5.73 Å². The van der Waals surface area contributed by atoms with Crippen LogP contribution in [0.4, 0.5) is 13.2 Å². The van der Waals surface area contributed by atoms with Gasteiger partial charge in [-0.25, -0.2) is 0 Å². The highest BCUT2D eigenvalue weighted by Gasteiger charge is 2.42. The first-order chi connectivity index (χ1) is 7.26. The molecule has 0 bridgehead atoms. The molecular formula is C10H19F3N2O. The Labute approximate surface area is 93.4 Å². The molecule has 1 heterocycles. The molecule has 3 nitrogen and oxygen atoms in total. The fourth-order valence-corrected chi connectivity index (χ4v) is 2.30. The van der Waals surface area contributed by atoms with Gasteiger partial charge < -0.3 is 10.8 Å². The van der Waals surface area contributed by atoms with Crippen LogP contribution >= 0.6 is 0 Å². The highest BCUT2D eigenvalue weighted by Crippen LogP contribution is 2.32. The first-order valence-corrected chi connectivity index (χ1v) is 5.47. The zero-order valence-electron chi connectivity index (χ0n) is 9.54. The third kappa shape index (κ3) is 3.09. The minimum atomic E-state index is -4.29. The summed E-state index contributed by atoms with van der Waals surface area (Å²) in [7, 11) is 0. The van der Waals surface area contributed by atoms with Crippen molar-refractivity contribution in [3.63, 3.8) is 0 Å². The molecule has 0 saturated carbocycles. The molecule has 0 aromatic heterocycles. The normalized spacial score (nSPS) is 37.7. The Kier molecular flexibility index (Phi) is 4.20. The van der Waals surface area contributed by atoms with E-state index in [1.54, 1.807) is 6.92 Å². The predicted molar refractivity (Wildman–Crippen MR) is 54.6 cm³/mol. The Morgan fingerprint density at radius 3 is 2.38 bits per heavy atom. The molecular weight excluding hydrogens is 221 g/mol. The number of alkyl halides is 3. The van der Waals surface area contributed by atoms with E-state index in [9.17, 15) is 18.3 Å². The van der Waals surface area contributed by atoms with E-state index in [-0.39, 0.29) is 24.4 Å². The van der Waals surface area contributed by atoms with E-state index in [1.807, 2.05) is 6.92 Å². The van der Waals surface area contributed by atoms with Gasteiger partial charge in [-0.15, -0.1) is 0 Å². The minimum Gasteiger partial charge on any atom is -0.378 e. The molecule has 0 amide bonds. The number of hydrogen-bond acceptors (Lipinski definition) is 3. The molecule has 0 aromatic rings. The van der Waals surface area contributed by atoms with E-state index in [0.717, 1.165) is 4.90 Å². The summed E-state index contributed by atoms with van der Waals surface area (Å²) in [6, 6.07) is -0.278. The molecule has 0 aromatic carbocycles. The predicted octanol–water partition coefficient (Wildman–Crippen LogP) is 1.17. The average Bonchev–Trinajstić information content (AvgIpc) is 2.17. The molecule has 3 N–H and O–H groups in total. The molecule has 16 heavy (non-hydrogen) atoms. The summed E-state index contributed by atoms with van der Waals surface area (Å²) in [5.74, 6) is -0.159. The van der Waals surface area contributed by atoms with Gasteiger partial charge in [-0.3, -0.25) is 4.90 Å². The number of piperidine rings is 1. The lowest BCUT2D eigenvalue weighted by molar-refractivity contribution is -0.196. The van der Waals surface area contributed by atoms with Crippen molar-refractivity contribution >= 4 is 0 Å². The summed E-state index contributed by atoms with van der Waals surface area (Å²) in [5.41, 5.74) is 5.46. The van der Waals surface area contributed by atoms with E-state index < -0.39 is 18.9 Å². The van der Waals surface area contributed by atoms with Crippen molar-refractivity contribution in [1.82, 2.24) is 4.90 Å². The van der Waals surface area contributed by atoms with Crippen LogP contribution in [0.2, 0.25) is 0 Å². The van der Waals surface area contributed by atoms with E-state index in [0.29, 0.717) is 6.42 Å². The third-order valence-corrected chi connectivity index (χ3v) is 3.45. The maximum Gasteiger partial charge on any atom is 0.401 e. The van der Waals surface area contributed by atoms with Crippen LogP contribution in [0.1, 0.15) is 20.3 Å². The molecule has 0 aliphatic carbocycles. The van der Waals surface area contributed by atoms with Gasteiger partial charge in [-0.1, -0.05) is 6.92 Å². The largest absolute Gasteiger partial charge is 0.401 e. The number of likely N-dealkylation sites (tertiary alicyclic amines) is 1. The smallest absolute Gasteiger partial charge is 0.378 e. The lowest BCUT2D eigenvalue weighted by Gasteiger charge is -2.45. The summed E-state index contributed by atoms with van der Waals surface area (Å²) >= 11 is 0. The van der Waals surface area contributed by atoms with Crippen molar-refractivity contribution in [3.8, 4) is 0 Å². The summed E-state index contributed by atoms with van der Waals surface area (Å²) in [5, 5.41) is 9.83. The number of halogens is 3. The van der Waals surface area contributed by atoms with Gasteiger partial charge in [0.1, 0.15) is 6.23 Å². The van der Waals surface area contributed by atoms with Gasteiger partial charge in [0.2, 0.25) is 0 Å². The number of rotatable bonds is 2. The zero-order valence-corrected chi connectivity index (χ0v) is 9.54. The minimum absolute atomic E-state index is 0.110. The van der Waals surface area contributed by atoms with Gasteiger partial charge in [-0.05, 0) is 25.8 Å². The Morgan fingerprint density at radius 1 is 1.38 bits per heavy atom. The van der Waals surface area contributed by atoms with Crippen molar-refractivity contribution in [3.05, 3.63) is 0 Å². The molecule has 0 radical (unpaired) electrons. The maximum atomic E-state index is 12.4. The van der Waals surface area contributed by atoms with Crippen LogP contribution in [0.3, 0.4) is 0 Å². The second-order valence-corrected chi connectivity index (χ2v) is 4.65. The number of nitrogens with zero attached hydrogens (tertiary/aromatic N) is 1. The average molecular weight is 240 g/mol. The quantitative estimate of drug-likeness (QED) is 0.762. The number of aliphatic hydroxyl groups is 1. The van der Waals surface area contributed by atoms with E-state index in [1.165, 1.54) is 0 Å². The van der Waals surface area contributed by atoms with Crippen LogP contribution < -0.4 is 5.73 Å². The molecule has 1 aliphatic heterocycles. The molecule has 96 valence electrons. The Morgan fingerprint density at radius 2 is 1.94 bits per heavy atom. The van der Waals surface area contributed by atoms with Gasteiger partial charge in [0, 0.05) is 12.0 Å². The molecule has 1 fully saturated rings.